The van der Waals surface area contributed by atoms with Gasteiger partial charge in [-0.15, -0.1) is 0 Å². The third-order valence-electron chi connectivity index (χ3n) is 1.79. The molecule has 0 aliphatic rings. The van der Waals surface area contributed by atoms with Crippen molar-refractivity contribution < 1.29 is 14.3 Å². The monoisotopic (exact) mass is 199 g/mol. The maximum atomic E-state index is 8.44. The van der Waals surface area contributed by atoms with Crippen molar-refractivity contribution in [3.8, 4) is 0 Å². The molecule has 1 rings (SSSR count). The Balaban J connectivity index is 1.85. The second-order valence-corrected chi connectivity index (χ2v) is 2.92. The minimum absolute atomic E-state index is 0.0897. The molecule has 80 valence electrons. The van der Waals surface area contributed by atoms with Crippen LogP contribution in [0.5, 0.6) is 0 Å². The van der Waals surface area contributed by atoms with E-state index >= 15 is 0 Å². The fraction of sp³-hybridized carbons (Fsp3) is 0.600. The van der Waals surface area contributed by atoms with Crippen LogP contribution in [0.15, 0.2) is 22.8 Å². The van der Waals surface area contributed by atoms with E-state index in [4.69, 9.17) is 14.3 Å². The van der Waals surface area contributed by atoms with Crippen LogP contribution in [0.3, 0.4) is 0 Å². The Hall–Kier alpha value is -0.840. The topological polar surface area (TPSA) is 54.6 Å². The van der Waals surface area contributed by atoms with Crippen LogP contribution in [0, 0.1) is 0 Å². The van der Waals surface area contributed by atoms with Gasteiger partial charge in [-0.1, -0.05) is 0 Å². The Bertz CT molecular complexity index is 211. The highest BCUT2D eigenvalue weighted by Gasteiger charge is 1.94. The van der Waals surface area contributed by atoms with Crippen LogP contribution in [-0.2, 0) is 11.2 Å². The van der Waals surface area contributed by atoms with Gasteiger partial charge in [-0.2, -0.15) is 0 Å². The second kappa shape index (κ2) is 7.55. The summed E-state index contributed by atoms with van der Waals surface area (Å²) >= 11 is 0. The molecule has 0 aliphatic heterocycles. The van der Waals surface area contributed by atoms with Gasteiger partial charge in [0.25, 0.3) is 0 Å². The Morgan fingerprint density at radius 1 is 1.36 bits per heavy atom. The maximum absolute atomic E-state index is 8.44. The average molecular weight is 199 g/mol. The fourth-order valence-electron chi connectivity index (χ4n) is 1.10. The number of aliphatic hydroxyl groups excluding tert-OH is 1. The molecule has 1 heterocycles. The van der Waals surface area contributed by atoms with Crippen molar-refractivity contribution in [2.24, 2.45) is 0 Å². The summed E-state index contributed by atoms with van der Waals surface area (Å²) in [5.74, 6) is 0.994. The molecule has 0 radical (unpaired) electrons. The Kier molecular flexibility index (Phi) is 6.06. The molecule has 0 spiro atoms. The van der Waals surface area contributed by atoms with Gasteiger partial charge in [0.05, 0.1) is 26.1 Å². The Morgan fingerprint density at radius 2 is 2.29 bits per heavy atom. The predicted octanol–water partition coefficient (Wildman–Crippen LogP) is 0.421. The summed E-state index contributed by atoms with van der Waals surface area (Å²) in [6, 6.07) is 3.85. The third kappa shape index (κ3) is 5.01. The Labute approximate surface area is 83.9 Å². The van der Waals surface area contributed by atoms with E-state index in [0.717, 1.165) is 25.3 Å². The summed E-state index contributed by atoms with van der Waals surface area (Å²) in [6.45, 7) is 2.84. The van der Waals surface area contributed by atoms with Crippen molar-refractivity contribution >= 4 is 0 Å². The van der Waals surface area contributed by atoms with E-state index in [1.807, 2.05) is 12.1 Å². The normalized spacial score (nSPS) is 10.6. The minimum Gasteiger partial charge on any atom is -0.469 e. The first kappa shape index (κ1) is 11.2. The van der Waals surface area contributed by atoms with Crippen molar-refractivity contribution in [3.05, 3.63) is 24.2 Å². The Morgan fingerprint density at radius 3 is 3.00 bits per heavy atom. The van der Waals surface area contributed by atoms with Gasteiger partial charge < -0.3 is 19.6 Å². The van der Waals surface area contributed by atoms with Crippen LogP contribution in [0.2, 0.25) is 0 Å². The largest absolute Gasteiger partial charge is 0.469 e. The lowest BCUT2D eigenvalue weighted by molar-refractivity contribution is 0.0940. The quantitative estimate of drug-likeness (QED) is 0.596. The fourth-order valence-corrected chi connectivity index (χ4v) is 1.10. The first-order valence-electron chi connectivity index (χ1n) is 4.85. The SMILES string of the molecule is OCCOCCNCCc1ccco1. The van der Waals surface area contributed by atoms with Crippen LogP contribution >= 0.6 is 0 Å². The zero-order chi connectivity index (χ0) is 10.1. The number of ether oxygens (including phenoxy) is 1. The number of hydrogen-bond donors (Lipinski definition) is 2. The molecule has 4 nitrogen and oxygen atoms in total. The molecule has 0 aromatic carbocycles. The first-order chi connectivity index (χ1) is 6.93. The van der Waals surface area contributed by atoms with Gasteiger partial charge in [-0.3, -0.25) is 0 Å². The molecule has 0 unspecified atom stereocenters. The summed E-state index contributed by atoms with van der Waals surface area (Å²) in [5.41, 5.74) is 0. The summed E-state index contributed by atoms with van der Waals surface area (Å²) in [6.07, 6.45) is 2.58. The molecule has 1 aromatic rings. The molecule has 0 amide bonds. The lowest BCUT2D eigenvalue weighted by Gasteiger charge is -2.03. The van der Waals surface area contributed by atoms with Crippen LogP contribution in [0.1, 0.15) is 5.76 Å². The molecule has 1 aromatic heterocycles. The molecular formula is C10H17NO3. The zero-order valence-corrected chi connectivity index (χ0v) is 8.24. The molecule has 0 bridgehead atoms. The van der Waals surface area contributed by atoms with E-state index in [-0.39, 0.29) is 6.61 Å². The van der Waals surface area contributed by atoms with Gasteiger partial charge in [0, 0.05) is 19.5 Å². The maximum Gasteiger partial charge on any atom is 0.105 e. The molecule has 0 aliphatic carbocycles. The highest BCUT2D eigenvalue weighted by molar-refractivity contribution is 4.98. The van der Waals surface area contributed by atoms with Crippen LogP contribution in [0.4, 0.5) is 0 Å². The van der Waals surface area contributed by atoms with Gasteiger partial charge in [0.1, 0.15) is 5.76 Å². The number of furan rings is 1. The van der Waals surface area contributed by atoms with Crippen molar-refractivity contribution in [3.63, 3.8) is 0 Å². The number of aliphatic hydroxyl groups is 1. The molecule has 0 saturated heterocycles. The predicted molar refractivity (Wildman–Crippen MR) is 53.2 cm³/mol. The van der Waals surface area contributed by atoms with Gasteiger partial charge >= 0.3 is 0 Å². The smallest absolute Gasteiger partial charge is 0.105 e. The van der Waals surface area contributed by atoms with Crippen molar-refractivity contribution in [1.29, 1.82) is 0 Å². The van der Waals surface area contributed by atoms with E-state index in [1.54, 1.807) is 6.26 Å². The highest BCUT2D eigenvalue weighted by Crippen LogP contribution is 1.98. The number of rotatable bonds is 8. The average Bonchev–Trinajstić information content (AvgIpc) is 2.69. The van der Waals surface area contributed by atoms with Gasteiger partial charge in [-0.25, -0.2) is 0 Å². The highest BCUT2D eigenvalue weighted by atomic mass is 16.5. The van der Waals surface area contributed by atoms with Gasteiger partial charge in [-0.05, 0) is 12.1 Å². The molecule has 0 saturated carbocycles. The van der Waals surface area contributed by atoms with Crippen LogP contribution in [0.25, 0.3) is 0 Å². The molecule has 4 heteroatoms. The standard InChI is InChI=1S/C10H17NO3/c12-6-9-13-8-5-11-4-3-10-2-1-7-14-10/h1-2,7,11-12H,3-6,8-9H2. The minimum atomic E-state index is 0.0897. The van der Waals surface area contributed by atoms with Crippen molar-refractivity contribution in [2.45, 2.75) is 6.42 Å². The third-order valence-corrected chi connectivity index (χ3v) is 1.79. The van der Waals surface area contributed by atoms with Crippen molar-refractivity contribution in [2.75, 3.05) is 32.9 Å². The molecule has 0 atom stereocenters. The van der Waals surface area contributed by atoms with Crippen LogP contribution in [-0.4, -0.2) is 38.0 Å². The van der Waals surface area contributed by atoms with E-state index in [0.29, 0.717) is 13.2 Å². The lowest BCUT2D eigenvalue weighted by Crippen LogP contribution is -2.22. The first-order valence-corrected chi connectivity index (χ1v) is 4.85. The second-order valence-electron chi connectivity index (χ2n) is 2.92. The summed E-state index contributed by atoms with van der Waals surface area (Å²) in [5, 5.41) is 11.7. The molecule has 0 fully saturated rings. The van der Waals surface area contributed by atoms with E-state index in [9.17, 15) is 0 Å². The van der Waals surface area contributed by atoms with E-state index in [2.05, 4.69) is 5.32 Å². The van der Waals surface area contributed by atoms with Crippen LogP contribution < -0.4 is 5.32 Å². The zero-order valence-electron chi connectivity index (χ0n) is 8.24. The van der Waals surface area contributed by atoms with Gasteiger partial charge in [0.15, 0.2) is 0 Å². The summed E-state index contributed by atoms with van der Waals surface area (Å²) in [4.78, 5) is 0. The molecular weight excluding hydrogens is 182 g/mol. The molecule has 2 N–H and O–H groups in total. The summed E-state index contributed by atoms with van der Waals surface area (Å²) in [7, 11) is 0. The lowest BCUT2D eigenvalue weighted by atomic mass is 10.3. The molecule has 14 heavy (non-hydrogen) atoms. The summed E-state index contributed by atoms with van der Waals surface area (Å²) < 4.78 is 10.3. The van der Waals surface area contributed by atoms with E-state index < -0.39 is 0 Å². The van der Waals surface area contributed by atoms with Gasteiger partial charge in [0.2, 0.25) is 0 Å². The van der Waals surface area contributed by atoms with Crippen molar-refractivity contribution in [1.82, 2.24) is 5.32 Å². The number of nitrogens with one attached hydrogen (secondary N) is 1. The number of hydrogen-bond acceptors (Lipinski definition) is 4. The van der Waals surface area contributed by atoms with E-state index in [1.165, 1.54) is 0 Å².